The molecule has 15 atom stereocenters. The van der Waals surface area contributed by atoms with E-state index in [1.54, 1.807) is 0 Å². The SMILES string of the molecule is COc1cc(-c2oc3cc(O)cc(O)c3c(=O)c2OC2OC(COC3OC(C)C(O)C(O)C3O)C(O)C(O)C2O)ccc1OC1OC(C)C(O)C(O)C1O. The minimum Gasteiger partial charge on any atom is -0.508 e. The number of aliphatic hydroxyl groups excluding tert-OH is 9. The van der Waals surface area contributed by atoms with Gasteiger partial charge < -0.3 is 93.7 Å². The van der Waals surface area contributed by atoms with Crippen LogP contribution in [-0.2, 0) is 18.9 Å². The Morgan fingerprint density at radius 2 is 1.22 bits per heavy atom. The zero-order valence-corrected chi connectivity index (χ0v) is 28.8. The van der Waals surface area contributed by atoms with Crippen molar-refractivity contribution in [1.29, 1.82) is 0 Å². The fourth-order valence-electron chi connectivity index (χ4n) is 6.32. The number of methoxy groups -OCH3 is 1. The van der Waals surface area contributed by atoms with Gasteiger partial charge in [0.05, 0.1) is 25.9 Å². The van der Waals surface area contributed by atoms with Crippen LogP contribution in [0.25, 0.3) is 22.3 Å². The fourth-order valence-corrected chi connectivity index (χ4v) is 6.32. The molecule has 0 aliphatic carbocycles. The van der Waals surface area contributed by atoms with Crippen LogP contribution in [0.1, 0.15) is 13.8 Å². The molecular formula is C34H42O20. The molecule has 54 heavy (non-hydrogen) atoms. The second-order valence-corrected chi connectivity index (χ2v) is 13.2. The maximum atomic E-state index is 14.0. The number of phenolic OH excluding ortho intramolecular Hbond substituents is 2. The highest BCUT2D eigenvalue weighted by Gasteiger charge is 2.48. The van der Waals surface area contributed by atoms with E-state index in [-0.39, 0.29) is 28.4 Å². The minimum atomic E-state index is -2.01. The van der Waals surface area contributed by atoms with Crippen LogP contribution in [0.2, 0.25) is 0 Å². The molecule has 3 aromatic rings. The smallest absolute Gasteiger partial charge is 0.239 e. The Hall–Kier alpha value is -3.87. The lowest BCUT2D eigenvalue weighted by atomic mass is 9.98. The zero-order valence-electron chi connectivity index (χ0n) is 28.8. The number of benzene rings is 2. The predicted octanol–water partition coefficient (Wildman–Crippen LogP) is -2.88. The lowest BCUT2D eigenvalue weighted by Crippen LogP contribution is -2.61. The van der Waals surface area contributed by atoms with Gasteiger partial charge in [0, 0.05) is 17.7 Å². The monoisotopic (exact) mass is 770 g/mol. The summed E-state index contributed by atoms with van der Waals surface area (Å²) < 4.78 is 45.1. The minimum absolute atomic E-state index is 0.0311. The summed E-state index contributed by atoms with van der Waals surface area (Å²) in [6.45, 7) is 2.25. The van der Waals surface area contributed by atoms with Crippen molar-refractivity contribution in [2.24, 2.45) is 0 Å². The van der Waals surface area contributed by atoms with Crippen molar-refractivity contribution in [3.63, 3.8) is 0 Å². The van der Waals surface area contributed by atoms with E-state index in [1.807, 2.05) is 0 Å². The first-order chi connectivity index (χ1) is 25.5. The summed E-state index contributed by atoms with van der Waals surface area (Å²) in [4.78, 5) is 14.0. The summed E-state index contributed by atoms with van der Waals surface area (Å²) in [5, 5.41) is 114. The van der Waals surface area contributed by atoms with Crippen LogP contribution in [0, 0.1) is 0 Å². The summed E-state index contributed by atoms with van der Waals surface area (Å²) in [6.07, 6.45) is -23.5. The van der Waals surface area contributed by atoms with Crippen LogP contribution in [0.5, 0.6) is 28.7 Å². The van der Waals surface area contributed by atoms with Crippen molar-refractivity contribution < 1.29 is 93.7 Å². The molecule has 1 aromatic heterocycles. The van der Waals surface area contributed by atoms with Gasteiger partial charge >= 0.3 is 0 Å². The molecule has 20 nitrogen and oxygen atoms in total. The van der Waals surface area contributed by atoms with E-state index in [1.165, 1.54) is 39.2 Å². The molecule has 11 N–H and O–H groups in total. The highest BCUT2D eigenvalue weighted by molar-refractivity contribution is 5.88. The predicted molar refractivity (Wildman–Crippen MR) is 176 cm³/mol. The van der Waals surface area contributed by atoms with Gasteiger partial charge in [-0.05, 0) is 32.0 Å². The summed E-state index contributed by atoms with van der Waals surface area (Å²) in [7, 11) is 1.26. The molecule has 3 aliphatic rings. The van der Waals surface area contributed by atoms with Crippen molar-refractivity contribution in [2.75, 3.05) is 13.7 Å². The Balaban J connectivity index is 1.33. The maximum Gasteiger partial charge on any atom is 0.239 e. The molecule has 4 heterocycles. The normalized spacial score (nSPS) is 37.2. The third-order valence-corrected chi connectivity index (χ3v) is 9.53. The van der Waals surface area contributed by atoms with Crippen molar-refractivity contribution in [2.45, 2.75) is 106 Å². The molecule has 0 bridgehead atoms. The molecule has 15 unspecified atom stereocenters. The van der Waals surface area contributed by atoms with Gasteiger partial charge in [-0.2, -0.15) is 0 Å². The second-order valence-electron chi connectivity index (χ2n) is 13.2. The highest BCUT2D eigenvalue weighted by atomic mass is 16.7. The maximum absolute atomic E-state index is 14.0. The van der Waals surface area contributed by atoms with Gasteiger partial charge in [0.25, 0.3) is 0 Å². The lowest BCUT2D eigenvalue weighted by molar-refractivity contribution is -0.318. The molecule has 3 fully saturated rings. The van der Waals surface area contributed by atoms with Crippen LogP contribution in [0.15, 0.2) is 39.5 Å². The van der Waals surface area contributed by atoms with Crippen molar-refractivity contribution in [1.82, 2.24) is 0 Å². The van der Waals surface area contributed by atoms with Gasteiger partial charge in [0.15, 0.2) is 23.5 Å². The summed E-state index contributed by atoms with van der Waals surface area (Å²) in [5.74, 6) is -2.31. The number of aliphatic hydroxyl groups is 9. The average Bonchev–Trinajstić information content (AvgIpc) is 3.14. The van der Waals surface area contributed by atoms with Crippen molar-refractivity contribution >= 4 is 11.0 Å². The van der Waals surface area contributed by atoms with Crippen molar-refractivity contribution in [3.8, 4) is 40.1 Å². The van der Waals surface area contributed by atoms with Crippen LogP contribution in [0.3, 0.4) is 0 Å². The standard InChI is InChI=1S/C34H42O20/c1-10-20(37)24(41)27(44)32(49-10)48-9-18-22(39)26(43)29(46)34(53-18)54-31-23(40)19-14(36)7-13(35)8-17(19)51-30(31)12-4-5-15(16(6-12)47-3)52-33-28(45)25(42)21(38)11(2)50-33/h4-8,10-11,18,20-22,24-29,32-39,41-46H,9H2,1-3H3. The number of hydrogen-bond donors (Lipinski definition) is 11. The van der Waals surface area contributed by atoms with Gasteiger partial charge in [-0.25, -0.2) is 0 Å². The number of phenols is 2. The van der Waals surface area contributed by atoms with E-state index in [9.17, 15) is 61.0 Å². The third-order valence-electron chi connectivity index (χ3n) is 9.53. The number of ether oxygens (including phenoxy) is 7. The Morgan fingerprint density at radius 1 is 0.648 bits per heavy atom. The topological polar surface area (TPSA) is 317 Å². The molecule has 6 rings (SSSR count). The summed E-state index contributed by atoms with van der Waals surface area (Å²) in [5.41, 5.74) is -1.30. The van der Waals surface area contributed by atoms with E-state index < -0.39 is 127 Å². The van der Waals surface area contributed by atoms with Crippen LogP contribution < -0.4 is 19.6 Å². The number of rotatable bonds is 9. The van der Waals surface area contributed by atoms with E-state index in [0.29, 0.717) is 0 Å². The van der Waals surface area contributed by atoms with Gasteiger partial charge in [0.1, 0.15) is 83.5 Å². The van der Waals surface area contributed by atoms with Crippen LogP contribution in [0.4, 0.5) is 0 Å². The largest absolute Gasteiger partial charge is 0.508 e. The van der Waals surface area contributed by atoms with Gasteiger partial charge in [0.2, 0.25) is 23.8 Å². The molecule has 0 spiro atoms. The Kier molecular flexibility index (Phi) is 11.6. The molecule has 0 saturated carbocycles. The number of hydrogen-bond acceptors (Lipinski definition) is 20. The fraction of sp³-hybridized carbons (Fsp3) is 0.559. The third kappa shape index (κ3) is 7.41. The Labute approximate surface area is 305 Å². The number of fused-ring (bicyclic) bond motifs is 1. The first kappa shape index (κ1) is 39.8. The average molecular weight is 771 g/mol. The molecule has 0 amide bonds. The van der Waals surface area contributed by atoms with E-state index in [0.717, 1.165) is 12.1 Å². The van der Waals surface area contributed by atoms with Crippen molar-refractivity contribution in [3.05, 3.63) is 40.6 Å². The molecular weight excluding hydrogens is 728 g/mol. The molecule has 0 radical (unpaired) electrons. The van der Waals surface area contributed by atoms with Gasteiger partial charge in [-0.15, -0.1) is 0 Å². The first-order valence-corrected chi connectivity index (χ1v) is 16.8. The molecule has 2 aromatic carbocycles. The summed E-state index contributed by atoms with van der Waals surface area (Å²) >= 11 is 0. The lowest BCUT2D eigenvalue weighted by Gasteiger charge is -2.42. The molecule has 3 aliphatic heterocycles. The van der Waals surface area contributed by atoms with E-state index in [2.05, 4.69) is 0 Å². The highest BCUT2D eigenvalue weighted by Crippen LogP contribution is 2.41. The van der Waals surface area contributed by atoms with Crippen LogP contribution >= 0.6 is 0 Å². The zero-order chi connectivity index (χ0) is 39.3. The molecule has 3 saturated heterocycles. The van der Waals surface area contributed by atoms with Crippen LogP contribution in [-0.4, -0.2) is 162 Å². The molecule has 20 heteroatoms. The van der Waals surface area contributed by atoms with E-state index in [4.69, 9.17) is 37.6 Å². The number of aromatic hydroxyl groups is 2. The van der Waals surface area contributed by atoms with E-state index >= 15 is 0 Å². The van der Waals surface area contributed by atoms with Gasteiger partial charge in [-0.3, -0.25) is 4.79 Å². The molecule has 298 valence electrons. The second kappa shape index (κ2) is 15.7. The Bertz CT molecular complexity index is 1850. The summed E-state index contributed by atoms with van der Waals surface area (Å²) in [6, 6.07) is 5.87. The Morgan fingerprint density at radius 3 is 1.85 bits per heavy atom. The van der Waals surface area contributed by atoms with Gasteiger partial charge in [-0.1, -0.05) is 0 Å². The quantitative estimate of drug-likeness (QED) is 0.104. The first-order valence-electron chi connectivity index (χ1n) is 16.8.